The van der Waals surface area contributed by atoms with Crippen molar-refractivity contribution in [2.45, 2.75) is 12.5 Å². The third kappa shape index (κ3) is 2.87. The van der Waals surface area contributed by atoms with Crippen LogP contribution in [0.2, 0.25) is 0 Å². The maximum atomic E-state index is 12.4. The summed E-state index contributed by atoms with van der Waals surface area (Å²) < 4.78 is 2.22. The van der Waals surface area contributed by atoms with Crippen LogP contribution in [-0.4, -0.2) is 39.2 Å². The predicted molar refractivity (Wildman–Crippen MR) is 83.4 cm³/mol. The molecule has 0 unspecified atom stereocenters. The monoisotopic (exact) mass is 363 g/mol. The zero-order chi connectivity index (χ0) is 15.7. The highest BCUT2D eigenvalue weighted by Crippen LogP contribution is 2.20. The Hall–Kier alpha value is -2.22. The maximum absolute atomic E-state index is 12.4. The van der Waals surface area contributed by atoms with Crippen molar-refractivity contribution in [2.24, 2.45) is 7.05 Å². The minimum absolute atomic E-state index is 0.128. The van der Waals surface area contributed by atoms with E-state index in [2.05, 4.69) is 31.3 Å². The van der Waals surface area contributed by atoms with E-state index in [0.29, 0.717) is 17.6 Å². The van der Waals surface area contributed by atoms with Crippen molar-refractivity contribution in [2.75, 3.05) is 11.4 Å². The molecule has 0 radical (unpaired) electrons. The Bertz CT molecular complexity index is 730. The van der Waals surface area contributed by atoms with E-state index in [9.17, 15) is 9.59 Å². The van der Waals surface area contributed by atoms with Crippen molar-refractivity contribution in [1.29, 1.82) is 0 Å². The molecule has 2 aromatic rings. The number of hydrogen-bond donors (Lipinski definition) is 1. The molecule has 114 valence electrons. The Morgan fingerprint density at radius 1 is 1.45 bits per heavy atom. The van der Waals surface area contributed by atoms with Crippen molar-refractivity contribution >= 4 is 33.4 Å². The summed E-state index contributed by atoms with van der Waals surface area (Å²) in [7, 11) is 1.79. The van der Waals surface area contributed by atoms with E-state index in [0.717, 1.165) is 5.69 Å². The summed E-state index contributed by atoms with van der Waals surface area (Å²) in [4.78, 5) is 30.3. The summed E-state index contributed by atoms with van der Waals surface area (Å²) in [5, 5.41) is 6.80. The van der Waals surface area contributed by atoms with Crippen molar-refractivity contribution in [3.63, 3.8) is 0 Å². The lowest BCUT2D eigenvalue weighted by molar-refractivity contribution is -0.118. The minimum Gasteiger partial charge on any atom is -0.339 e. The third-order valence-electron chi connectivity index (χ3n) is 3.46. The van der Waals surface area contributed by atoms with Crippen molar-refractivity contribution in [1.82, 2.24) is 20.1 Å². The van der Waals surface area contributed by atoms with Crippen LogP contribution in [-0.2, 0) is 11.8 Å². The Balaban J connectivity index is 1.69. The zero-order valence-corrected chi connectivity index (χ0v) is 13.4. The number of halogens is 1. The van der Waals surface area contributed by atoms with Crippen LogP contribution in [0.25, 0.3) is 0 Å². The Morgan fingerprint density at radius 3 is 2.95 bits per heavy atom. The van der Waals surface area contributed by atoms with Crippen molar-refractivity contribution in [3.05, 3.63) is 40.9 Å². The summed E-state index contributed by atoms with van der Waals surface area (Å²) in [6, 6.07) is 4.54. The lowest BCUT2D eigenvalue weighted by Crippen LogP contribution is -2.41. The van der Waals surface area contributed by atoms with Gasteiger partial charge in [-0.15, -0.1) is 0 Å². The van der Waals surface area contributed by atoms with E-state index in [-0.39, 0.29) is 17.5 Å². The van der Waals surface area contributed by atoms with Gasteiger partial charge in [0, 0.05) is 19.8 Å². The van der Waals surface area contributed by atoms with Gasteiger partial charge in [0.2, 0.25) is 5.91 Å². The van der Waals surface area contributed by atoms with E-state index in [4.69, 9.17) is 0 Å². The molecule has 1 N–H and O–H groups in total. The number of nitrogens with zero attached hydrogens (tertiary/aromatic N) is 4. The summed E-state index contributed by atoms with van der Waals surface area (Å²) in [6.07, 6.45) is 3.98. The van der Waals surface area contributed by atoms with E-state index in [1.54, 1.807) is 47.2 Å². The van der Waals surface area contributed by atoms with Gasteiger partial charge in [0.25, 0.3) is 5.91 Å². The highest BCUT2D eigenvalue weighted by Gasteiger charge is 2.34. The second-order valence-corrected chi connectivity index (χ2v) is 5.83. The number of pyridine rings is 1. The third-order valence-corrected chi connectivity index (χ3v) is 3.90. The van der Waals surface area contributed by atoms with Crippen LogP contribution in [0.4, 0.5) is 5.69 Å². The molecule has 1 aliphatic heterocycles. The SMILES string of the molecule is Cn1cc(N2CC[C@H](NC(=O)c3cccc(Br)n3)C2=O)cn1. The molecule has 0 aliphatic carbocycles. The number of rotatable bonds is 3. The molecule has 1 fully saturated rings. The molecule has 1 aliphatic rings. The van der Waals surface area contributed by atoms with Gasteiger partial charge in [0.05, 0.1) is 11.9 Å². The fourth-order valence-corrected chi connectivity index (χ4v) is 2.73. The van der Waals surface area contributed by atoms with Crippen molar-refractivity contribution in [3.8, 4) is 0 Å². The topological polar surface area (TPSA) is 80.1 Å². The van der Waals surface area contributed by atoms with Crippen LogP contribution in [0, 0.1) is 0 Å². The first kappa shape index (κ1) is 14.7. The zero-order valence-electron chi connectivity index (χ0n) is 11.9. The standard InChI is InChI=1S/C14H14BrN5O2/c1-19-8-9(7-16-19)20-6-5-11(14(20)22)18-13(21)10-3-2-4-12(15)17-10/h2-4,7-8,11H,5-6H2,1H3,(H,18,21)/t11-/m0/s1. The van der Waals surface area contributed by atoms with E-state index in [1.165, 1.54) is 0 Å². The fraction of sp³-hybridized carbons (Fsp3) is 0.286. The van der Waals surface area contributed by atoms with Gasteiger partial charge in [0.15, 0.2) is 0 Å². The average Bonchev–Trinajstić information content (AvgIpc) is 3.06. The highest BCUT2D eigenvalue weighted by atomic mass is 79.9. The first-order valence-electron chi connectivity index (χ1n) is 6.78. The average molecular weight is 364 g/mol. The molecule has 22 heavy (non-hydrogen) atoms. The first-order chi connectivity index (χ1) is 10.5. The van der Waals surface area contributed by atoms with Crippen LogP contribution in [0.3, 0.4) is 0 Å². The lowest BCUT2D eigenvalue weighted by Gasteiger charge is -2.15. The number of nitrogens with one attached hydrogen (secondary N) is 1. The molecule has 0 saturated carbocycles. The molecule has 2 amide bonds. The van der Waals surface area contributed by atoms with Gasteiger partial charge < -0.3 is 10.2 Å². The molecule has 1 atom stereocenters. The molecular formula is C14H14BrN5O2. The van der Waals surface area contributed by atoms with Crippen LogP contribution in [0.15, 0.2) is 35.2 Å². The highest BCUT2D eigenvalue weighted by molar-refractivity contribution is 9.10. The largest absolute Gasteiger partial charge is 0.339 e. The quantitative estimate of drug-likeness (QED) is 0.828. The Labute approximate surface area is 135 Å². The molecule has 3 heterocycles. The van der Waals surface area contributed by atoms with E-state index >= 15 is 0 Å². The van der Waals surface area contributed by atoms with Gasteiger partial charge in [0.1, 0.15) is 16.3 Å². The fourth-order valence-electron chi connectivity index (χ4n) is 2.38. The molecule has 0 spiro atoms. The number of amides is 2. The number of aromatic nitrogens is 3. The van der Waals surface area contributed by atoms with Gasteiger partial charge in [-0.3, -0.25) is 14.3 Å². The van der Waals surface area contributed by atoms with Gasteiger partial charge >= 0.3 is 0 Å². The molecule has 7 nitrogen and oxygen atoms in total. The molecule has 3 rings (SSSR count). The number of aryl methyl sites for hydroxylation is 1. The van der Waals surface area contributed by atoms with Gasteiger partial charge in [-0.2, -0.15) is 5.10 Å². The van der Waals surface area contributed by atoms with Gasteiger partial charge in [-0.1, -0.05) is 6.07 Å². The molecule has 2 aromatic heterocycles. The van der Waals surface area contributed by atoms with E-state index in [1.807, 2.05) is 0 Å². The Morgan fingerprint density at radius 2 is 2.27 bits per heavy atom. The predicted octanol–water partition coefficient (Wildman–Crippen LogP) is 1.11. The summed E-state index contributed by atoms with van der Waals surface area (Å²) in [6.45, 7) is 0.557. The summed E-state index contributed by atoms with van der Waals surface area (Å²) in [5.41, 5.74) is 1.02. The summed E-state index contributed by atoms with van der Waals surface area (Å²) in [5.74, 6) is -0.482. The van der Waals surface area contributed by atoms with E-state index < -0.39 is 6.04 Å². The number of carbonyl (C=O) groups is 2. The molecule has 8 heteroatoms. The van der Waals surface area contributed by atoms with Crippen LogP contribution in [0.1, 0.15) is 16.9 Å². The number of carbonyl (C=O) groups excluding carboxylic acids is 2. The molecule has 0 aromatic carbocycles. The molecule has 1 saturated heterocycles. The van der Waals surface area contributed by atoms with Crippen LogP contribution in [0.5, 0.6) is 0 Å². The molecule has 0 bridgehead atoms. The Kier molecular flexibility index (Phi) is 3.93. The second kappa shape index (κ2) is 5.88. The van der Waals surface area contributed by atoms with Gasteiger partial charge in [-0.25, -0.2) is 4.98 Å². The maximum Gasteiger partial charge on any atom is 0.270 e. The second-order valence-electron chi connectivity index (χ2n) is 5.02. The van der Waals surface area contributed by atoms with Crippen LogP contribution >= 0.6 is 15.9 Å². The normalized spacial score (nSPS) is 17.8. The van der Waals surface area contributed by atoms with Crippen molar-refractivity contribution < 1.29 is 9.59 Å². The first-order valence-corrected chi connectivity index (χ1v) is 7.57. The molecular weight excluding hydrogens is 350 g/mol. The number of anilines is 1. The van der Waals surface area contributed by atoms with Crippen LogP contribution < -0.4 is 10.2 Å². The van der Waals surface area contributed by atoms with Gasteiger partial charge in [-0.05, 0) is 34.5 Å². The number of hydrogen-bond acceptors (Lipinski definition) is 4. The minimum atomic E-state index is -0.534. The lowest BCUT2D eigenvalue weighted by atomic mass is 10.2. The smallest absolute Gasteiger partial charge is 0.270 e. The summed E-state index contributed by atoms with van der Waals surface area (Å²) >= 11 is 3.22.